The second kappa shape index (κ2) is 8.24. The van der Waals surface area contributed by atoms with E-state index in [0.29, 0.717) is 12.4 Å². The highest BCUT2D eigenvalue weighted by molar-refractivity contribution is 5.85. The molecule has 6 heteroatoms. The monoisotopic (exact) mass is 272 g/mol. The van der Waals surface area contributed by atoms with Crippen molar-refractivity contribution in [3.05, 3.63) is 18.1 Å². The zero-order chi connectivity index (χ0) is 11.9. The summed E-state index contributed by atoms with van der Waals surface area (Å²) in [6.45, 7) is 4.01. The van der Waals surface area contributed by atoms with Crippen molar-refractivity contribution in [1.29, 1.82) is 0 Å². The predicted molar refractivity (Wildman–Crippen MR) is 73.1 cm³/mol. The SMILES string of the molecule is COc1nccnc1CNCC1CCCNC1.Cl. The molecule has 18 heavy (non-hydrogen) atoms. The minimum atomic E-state index is 0. The number of halogens is 1. The van der Waals surface area contributed by atoms with E-state index in [2.05, 4.69) is 20.6 Å². The maximum Gasteiger partial charge on any atom is 0.236 e. The smallest absolute Gasteiger partial charge is 0.236 e. The number of piperidine rings is 1. The first-order chi connectivity index (χ1) is 8.40. The molecular formula is C12H21ClN4O. The molecule has 5 nitrogen and oxygen atoms in total. The Hall–Kier alpha value is -0.910. The normalized spacial score (nSPS) is 19.1. The fraction of sp³-hybridized carbons (Fsp3) is 0.667. The molecule has 0 spiro atoms. The summed E-state index contributed by atoms with van der Waals surface area (Å²) in [5, 5.41) is 6.84. The Morgan fingerprint density at radius 2 is 2.28 bits per heavy atom. The molecule has 1 aliphatic rings. The number of methoxy groups -OCH3 is 1. The van der Waals surface area contributed by atoms with Gasteiger partial charge in [0.15, 0.2) is 0 Å². The highest BCUT2D eigenvalue weighted by atomic mass is 35.5. The van der Waals surface area contributed by atoms with E-state index < -0.39 is 0 Å². The van der Waals surface area contributed by atoms with E-state index >= 15 is 0 Å². The number of hydrogen-bond donors (Lipinski definition) is 2. The van der Waals surface area contributed by atoms with Crippen molar-refractivity contribution < 1.29 is 4.74 Å². The molecular weight excluding hydrogens is 252 g/mol. The van der Waals surface area contributed by atoms with Gasteiger partial charge in [-0.3, -0.25) is 4.98 Å². The van der Waals surface area contributed by atoms with E-state index in [1.54, 1.807) is 19.5 Å². The molecule has 0 radical (unpaired) electrons. The standard InChI is InChI=1S/C12H20N4O.ClH/c1-17-12-11(15-5-6-16-12)9-14-8-10-3-2-4-13-7-10;/h5-6,10,13-14H,2-4,7-9H2,1H3;1H. The van der Waals surface area contributed by atoms with Crippen LogP contribution < -0.4 is 15.4 Å². The molecule has 0 aliphatic carbocycles. The molecule has 0 saturated carbocycles. The van der Waals surface area contributed by atoms with Gasteiger partial charge in [-0.15, -0.1) is 12.4 Å². The van der Waals surface area contributed by atoms with Crippen molar-refractivity contribution in [3.63, 3.8) is 0 Å². The summed E-state index contributed by atoms with van der Waals surface area (Å²) in [5.74, 6) is 1.34. The van der Waals surface area contributed by atoms with Gasteiger partial charge in [-0.2, -0.15) is 0 Å². The van der Waals surface area contributed by atoms with Crippen molar-refractivity contribution in [3.8, 4) is 5.88 Å². The summed E-state index contributed by atoms with van der Waals surface area (Å²) in [4.78, 5) is 8.39. The maximum absolute atomic E-state index is 5.16. The maximum atomic E-state index is 5.16. The van der Waals surface area contributed by atoms with Gasteiger partial charge in [0.1, 0.15) is 5.69 Å². The van der Waals surface area contributed by atoms with E-state index in [9.17, 15) is 0 Å². The second-order valence-electron chi connectivity index (χ2n) is 4.36. The third-order valence-corrected chi connectivity index (χ3v) is 3.05. The molecule has 1 fully saturated rings. The van der Waals surface area contributed by atoms with Crippen LogP contribution in [0, 0.1) is 5.92 Å². The lowest BCUT2D eigenvalue weighted by molar-refractivity contribution is 0.354. The van der Waals surface area contributed by atoms with Crippen LogP contribution in [0.4, 0.5) is 0 Å². The molecule has 102 valence electrons. The van der Waals surface area contributed by atoms with Gasteiger partial charge in [0.05, 0.1) is 7.11 Å². The molecule has 1 atom stereocenters. The zero-order valence-electron chi connectivity index (χ0n) is 10.7. The highest BCUT2D eigenvalue weighted by Crippen LogP contribution is 2.11. The number of aromatic nitrogens is 2. The average Bonchev–Trinajstić information content (AvgIpc) is 2.40. The first-order valence-corrected chi connectivity index (χ1v) is 6.15. The van der Waals surface area contributed by atoms with Gasteiger partial charge in [0, 0.05) is 18.9 Å². The minimum absolute atomic E-state index is 0. The van der Waals surface area contributed by atoms with Gasteiger partial charge < -0.3 is 15.4 Å². The summed E-state index contributed by atoms with van der Waals surface area (Å²) >= 11 is 0. The van der Waals surface area contributed by atoms with Crippen molar-refractivity contribution in [2.75, 3.05) is 26.7 Å². The van der Waals surface area contributed by atoms with Gasteiger partial charge in [0.2, 0.25) is 5.88 Å². The predicted octanol–water partition coefficient (Wildman–Crippen LogP) is 0.996. The number of nitrogens with zero attached hydrogens (tertiary/aromatic N) is 2. The molecule has 2 rings (SSSR count). The van der Waals surface area contributed by atoms with Gasteiger partial charge in [-0.05, 0) is 38.4 Å². The zero-order valence-corrected chi connectivity index (χ0v) is 11.5. The minimum Gasteiger partial charge on any atom is -0.480 e. The Bertz CT molecular complexity index is 345. The van der Waals surface area contributed by atoms with Gasteiger partial charge in [-0.25, -0.2) is 4.98 Å². The summed E-state index contributed by atoms with van der Waals surface area (Å²) in [5.41, 5.74) is 0.874. The van der Waals surface area contributed by atoms with E-state index in [4.69, 9.17) is 4.74 Å². The Labute approximate surface area is 114 Å². The van der Waals surface area contributed by atoms with E-state index in [1.807, 2.05) is 0 Å². The lowest BCUT2D eigenvalue weighted by Gasteiger charge is -2.22. The van der Waals surface area contributed by atoms with Crippen LogP contribution in [-0.2, 0) is 6.54 Å². The summed E-state index contributed by atoms with van der Waals surface area (Å²) in [6.07, 6.45) is 5.92. The lowest BCUT2D eigenvalue weighted by Crippen LogP contribution is -2.36. The quantitative estimate of drug-likeness (QED) is 0.837. The molecule has 0 aromatic carbocycles. The molecule has 2 N–H and O–H groups in total. The lowest BCUT2D eigenvalue weighted by atomic mass is 10.00. The van der Waals surface area contributed by atoms with Crippen molar-refractivity contribution in [2.45, 2.75) is 19.4 Å². The Kier molecular flexibility index (Phi) is 6.93. The largest absolute Gasteiger partial charge is 0.480 e. The summed E-state index contributed by atoms with van der Waals surface area (Å²) < 4.78 is 5.16. The number of hydrogen-bond acceptors (Lipinski definition) is 5. The fourth-order valence-electron chi connectivity index (χ4n) is 2.14. The van der Waals surface area contributed by atoms with Crippen LogP contribution in [0.25, 0.3) is 0 Å². The number of rotatable bonds is 5. The molecule has 0 amide bonds. The van der Waals surface area contributed by atoms with Crippen molar-refractivity contribution >= 4 is 12.4 Å². The van der Waals surface area contributed by atoms with Gasteiger partial charge in [0.25, 0.3) is 0 Å². The van der Waals surface area contributed by atoms with Crippen LogP contribution in [0.5, 0.6) is 5.88 Å². The van der Waals surface area contributed by atoms with Crippen LogP contribution in [0.15, 0.2) is 12.4 Å². The molecule has 1 unspecified atom stereocenters. The topological polar surface area (TPSA) is 59.1 Å². The Morgan fingerprint density at radius 3 is 3.00 bits per heavy atom. The first-order valence-electron chi connectivity index (χ1n) is 6.15. The first kappa shape index (κ1) is 15.1. The molecule has 2 heterocycles. The van der Waals surface area contributed by atoms with Gasteiger partial charge in [-0.1, -0.05) is 0 Å². The molecule has 1 saturated heterocycles. The van der Waals surface area contributed by atoms with Crippen molar-refractivity contribution in [1.82, 2.24) is 20.6 Å². The van der Waals surface area contributed by atoms with Crippen LogP contribution in [-0.4, -0.2) is 36.7 Å². The molecule has 0 bridgehead atoms. The summed E-state index contributed by atoms with van der Waals surface area (Å²) in [7, 11) is 1.62. The van der Waals surface area contributed by atoms with E-state index in [-0.39, 0.29) is 12.4 Å². The Morgan fingerprint density at radius 1 is 1.44 bits per heavy atom. The van der Waals surface area contributed by atoms with Crippen molar-refractivity contribution in [2.24, 2.45) is 5.92 Å². The van der Waals surface area contributed by atoms with Crippen LogP contribution in [0.3, 0.4) is 0 Å². The highest BCUT2D eigenvalue weighted by Gasteiger charge is 2.12. The van der Waals surface area contributed by atoms with Crippen LogP contribution in [0.2, 0.25) is 0 Å². The molecule has 1 aromatic rings. The Balaban J connectivity index is 0.00000162. The van der Waals surface area contributed by atoms with Gasteiger partial charge >= 0.3 is 0 Å². The fourth-order valence-corrected chi connectivity index (χ4v) is 2.14. The number of nitrogens with one attached hydrogen (secondary N) is 2. The van der Waals surface area contributed by atoms with E-state index in [0.717, 1.165) is 31.2 Å². The van der Waals surface area contributed by atoms with Crippen LogP contribution in [0.1, 0.15) is 18.5 Å². The van der Waals surface area contributed by atoms with Crippen LogP contribution >= 0.6 is 12.4 Å². The average molecular weight is 273 g/mol. The molecule has 1 aliphatic heterocycles. The third-order valence-electron chi connectivity index (χ3n) is 3.05. The second-order valence-corrected chi connectivity index (χ2v) is 4.36. The third kappa shape index (κ3) is 4.40. The number of ether oxygens (including phenoxy) is 1. The molecule has 1 aromatic heterocycles. The van der Waals surface area contributed by atoms with E-state index in [1.165, 1.54) is 12.8 Å². The summed E-state index contributed by atoms with van der Waals surface area (Å²) in [6, 6.07) is 0.